The Morgan fingerprint density at radius 3 is 2.37 bits per heavy atom. The lowest BCUT2D eigenvalue weighted by Crippen LogP contribution is -2.34. The van der Waals surface area contributed by atoms with Crippen molar-refractivity contribution >= 4 is 0 Å². The summed E-state index contributed by atoms with van der Waals surface area (Å²) in [6.45, 7) is 16.2. The third kappa shape index (κ3) is 5.79. The van der Waals surface area contributed by atoms with Gasteiger partial charge in [-0.1, -0.05) is 27.7 Å². The molecule has 0 spiro atoms. The molecular formula is C16H30N2O. The highest BCUT2D eigenvalue weighted by molar-refractivity contribution is 5.17. The van der Waals surface area contributed by atoms with Gasteiger partial charge in [-0.15, -0.1) is 0 Å². The summed E-state index contributed by atoms with van der Waals surface area (Å²) in [5.74, 6) is 1.78. The van der Waals surface area contributed by atoms with Gasteiger partial charge in [-0.25, -0.2) is 0 Å². The van der Waals surface area contributed by atoms with Gasteiger partial charge in [-0.3, -0.25) is 4.90 Å². The van der Waals surface area contributed by atoms with Crippen LogP contribution in [0.25, 0.3) is 0 Å². The van der Waals surface area contributed by atoms with Crippen molar-refractivity contribution in [3.63, 3.8) is 0 Å². The smallest absolute Gasteiger partial charge is 0.122 e. The maximum Gasteiger partial charge on any atom is 0.122 e. The van der Waals surface area contributed by atoms with Gasteiger partial charge in [0.2, 0.25) is 0 Å². The van der Waals surface area contributed by atoms with E-state index in [2.05, 4.69) is 57.8 Å². The Morgan fingerprint density at radius 1 is 1.16 bits per heavy atom. The summed E-state index contributed by atoms with van der Waals surface area (Å²) >= 11 is 0. The molecule has 0 aliphatic heterocycles. The first-order valence-electron chi connectivity index (χ1n) is 7.42. The summed E-state index contributed by atoms with van der Waals surface area (Å²) in [6.07, 6.45) is 1.81. The normalized spacial score (nSPS) is 12.3. The second-order valence-corrected chi connectivity index (χ2v) is 6.32. The van der Waals surface area contributed by atoms with E-state index < -0.39 is 0 Å². The molecule has 1 rings (SSSR count). The zero-order valence-electron chi connectivity index (χ0n) is 13.4. The van der Waals surface area contributed by atoms with Gasteiger partial charge in [-0.05, 0) is 25.8 Å². The van der Waals surface area contributed by atoms with E-state index in [9.17, 15) is 0 Å². The minimum absolute atomic E-state index is 0.500. The molecule has 3 heteroatoms. The number of nitrogens with zero attached hydrogens (tertiary/aromatic N) is 1. The third-order valence-electron chi connectivity index (χ3n) is 3.22. The summed E-state index contributed by atoms with van der Waals surface area (Å²) in [4.78, 5) is 2.47. The maximum atomic E-state index is 5.68. The monoisotopic (exact) mass is 266 g/mol. The summed E-state index contributed by atoms with van der Waals surface area (Å²) in [5.41, 5.74) is 1.28. The van der Waals surface area contributed by atoms with Crippen molar-refractivity contribution in [2.75, 3.05) is 6.54 Å². The molecule has 0 bridgehead atoms. The molecule has 1 aromatic rings. The summed E-state index contributed by atoms with van der Waals surface area (Å²) in [5, 5.41) is 3.45. The molecule has 1 heterocycles. The van der Waals surface area contributed by atoms with Gasteiger partial charge >= 0.3 is 0 Å². The molecule has 1 N–H and O–H groups in total. The minimum atomic E-state index is 0.500. The molecule has 0 saturated heterocycles. The van der Waals surface area contributed by atoms with E-state index >= 15 is 0 Å². The fourth-order valence-corrected chi connectivity index (χ4v) is 2.09. The Balaban J connectivity index is 2.66. The maximum absolute atomic E-state index is 5.68. The number of nitrogens with one attached hydrogen (secondary N) is 1. The minimum Gasteiger partial charge on any atom is -0.468 e. The van der Waals surface area contributed by atoms with Crippen molar-refractivity contribution in [2.45, 2.75) is 66.7 Å². The SMILES string of the molecule is CC(C)CN(Cc1occc1CNC(C)C)C(C)C. The van der Waals surface area contributed by atoms with Crippen molar-refractivity contribution in [1.82, 2.24) is 10.2 Å². The van der Waals surface area contributed by atoms with Crippen molar-refractivity contribution in [1.29, 1.82) is 0 Å². The molecule has 1 aromatic heterocycles. The zero-order chi connectivity index (χ0) is 14.4. The van der Waals surface area contributed by atoms with Crippen molar-refractivity contribution in [3.8, 4) is 0 Å². The Labute approximate surface area is 118 Å². The third-order valence-corrected chi connectivity index (χ3v) is 3.22. The molecule has 0 fully saturated rings. The standard InChI is InChI=1S/C16H30N2O/c1-12(2)10-18(14(5)6)11-16-15(7-8-19-16)9-17-13(3)4/h7-8,12-14,17H,9-11H2,1-6H3. The fourth-order valence-electron chi connectivity index (χ4n) is 2.09. The quantitative estimate of drug-likeness (QED) is 0.778. The number of hydrogen-bond donors (Lipinski definition) is 1. The molecule has 3 nitrogen and oxygen atoms in total. The molecule has 0 saturated carbocycles. The molecule has 0 aliphatic carbocycles. The van der Waals surface area contributed by atoms with Crippen LogP contribution in [0.1, 0.15) is 52.9 Å². The molecule has 0 amide bonds. The Kier molecular flexibility index (Phi) is 6.59. The van der Waals surface area contributed by atoms with Gasteiger partial charge in [0, 0.05) is 30.7 Å². The predicted molar refractivity (Wildman–Crippen MR) is 81.1 cm³/mol. The topological polar surface area (TPSA) is 28.4 Å². The van der Waals surface area contributed by atoms with Gasteiger partial charge < -0.3 is 9.73 Å². The molecule has 19 heavy (non-hydrogen) atoms. The van der Waals surface area contributed by atoms with E-state index in [4.69, 9.17) is 4.42 Å². The van der Waals surface area contributed by atoms with Crippen LogP contribution in [0.4, 0.5) is 0 Å². The van der Waals surface area contributed by atoms with Gasteiger partial charge in [-0.2, -0.15) is 0 Å². The predicted octanol–water partition coefficient (Wildman–Crippen LogP) is 3.64. The van der Waals surface area contributed by atoms with Gasteiger partial charge in [0.25, 0.3) is 0 Å². The number of hydrogen-bond acceptors (Lipinski definition) is 3. The Bertz CT molecular complexity index is 355. The number of furan rings is 1. The lowest BCUT2D eigenvalue weighted by Gasteiger charge is -2.27. The van der Waals surface area contributed by atoms with E-state index in [0.29, 0.717) is 18.0 Å². The van der Waals surface area contributed by atoms with Crippen LogP contribution in [0.2, 0.25) is 0 Å². The molecule has 0 atom stereocenters. The van der Waals surface area contributed by atoms with Crippen LogP contribution in [-0.4, -0.2) is 23.5 Å². The van der Waals surface area contributed by atoms with Crippen LogP contribution in [-0.2, 0) is 13.1 Å². The lowest BCUT2D eigenvalue weighted by atomic mass is 10.1. The van der Waals surface area contributed by atoms with E-state index in [1.165, 1.54) is 5.56 Å². The zero-order valence-corrected chi connectivity index (χ0v) is 13.4. The van der Waals surface area contributed by atoms with Crippen LogP contribution in [0.5, 0.6) is 0 Å². The van der Waals surface area contributed by atoms with E-state index in [0.717, 1.165) is 25.4 Å². The Morgan fingerprint density at radius 2 is 1.84 bits per heavy atom. The van der Waals surface area contributed by atoms with Crippen LogP contribution < -0.4 is 5.32 Å². The fraction of sp³-hybridized carbons (Fsp3) is 0.750. The van der Waals surface area contributed by atoms with E-state index in [1.807, 2.05) is 0 Å². The molecule has 0 aliphatic rings. The average Bonchev–Trinajstić information content (AvgIpc) is 2.72. The summed E-state index contributed by atoms with van der Waals surface area (Å²) in [6, 6.07) is 3.12. The van der Waals surface area contributed by atoms with Crippen LogP contribution in [0, 0.1) is 5.92 Å². The van der Waals surface area contributed by atoms with Gasteiger partial charge in [0.15, 0.2) is 0 Å². The Hall–Kier alpha value is -0.800. The first kappa shape index (κ1) is 16.3. The van der Waals surface area contributed by atoms with Crippen molar-refractivity contribution < 1.29 is 4.42 Å². The summed E-state index contributed by atoms with van der Waals surface area (Å²) in [7, 11) is 0. The molecule has 110 valence electrons. The highest BCUT2D eigenvalue weighted by Gasteiger charge is 2.16. The second-order valence-electron chi connectivity index (χ2n) is 6.32. The van der Waals surface area contributed by atoms with E-state index in [1.54, 1.807) is 6.26 Å². The average molecular weight is 266 g/mol. The number of rotatable bonds is 8. The van der Waals surface area contributed by atoms with Crippen LogP contribution >= 0.6 is 0 Å². The van der Waals surface area contributed by atoms with Gasteiger partial charge in [0.05, 0.1) is 12.8 Å². The van der Waals surface area contributed by atoms with Crippen molar-refractivity contribution in [2.24, 2.45) is 5.92 Å². The van der Waals surface area contributed by atoms with Crippen molar-refractivity contribution in [3.05, 3.63) is 23.7 Å². The highest BCUT2D eigenvalue weighted by Crippen LogP contribution is 2.16. The first-order valence-corrected chi connectivity index (χ1v) is 7.42. The molecule has 0 unspecified atom stereocenters. The molecular weight excluding hydrogens is 236 g/mol. The highest BCUT2D eigenvalue weighted by atomic mass is 16.3. The van der Waals surface area contributed by atoms with E-state index in [-0.39, 0.29) is 0 Å². The van der Waals surface area contributed by atoms with Crippen LogP contribution in [0.3, 0.4) is 0 Å². The van der Waals surface area contributed by atoms with Crippen LogP contribution in [0.15, 0.2) is 16.7 Å². The largest absolute Gasteiger partial charge is 0.468 e. The lowest BCUT2D eigenvalue weighted by molar-refractivity contribution is 0.174. The first-order chi connectivity index (χ1) is 8.90. The second kappa shape index (κ2) is 7.71. The summed E-state index contributed by atoms with van der Waals surface area (Å²) < 4.78 is 5.68. The molecule has 0 aromatic carbocycles. The van der Waals surface area contributed by atoms with Gasteiger partial charge in [0.1, 0.15) is 5.76 Å². The molecule has 0 radical (unpaired) electrons.